The maximum Gasteiger partial charge on any atom is 0.226 e. The van der Waals surface area contributed by atoms with Gasteiger partial charge in [-0.15, -0.1) is 0 Å². The lowest BCUT2D eigenvalue weighted by Gasteiger charge is -2.20. The summed E-state index contributed by atoms with van der Waals surface area (Å²) in [6.45, 7) is 6.69. The summed E-state index contributed by atoms with van der Waals surface area (Å²) in [5.74, 6) is -0.0177. The summed E-state index contributed by atoms with van der Waals surface area (Å²) < 4.78 is 0. The van der Waals surface area contributed by atoms with Crippen molar-refractivity contribution >= 4 is 5.91 Å². The topological polar surface area (TPSA) is 46.3 Å². The second-order valence-corrected chi connectivity index (χ2v) is 5.23. The van der Waals surface area contributed by atoms with Crippen molar-refractivity contribution in [1.29, 1.82) is 0 Å². The van der Waals surface area contributed by atoms with E-state index < -0.39 is 0 Å². The molecule has 0 fully saturated rings. The van der Waals surface area contributed by atoms with E-state index in [2.05, 4.69) is 32.9 Å². The Morgan fingerprint density at radius 2 is 1.72 bits per heavy atom. The van der Waals surface area contributed by atoms with Crippen LogP contribution >= 0.6 is 0 Å². The minimum Gasteiger partial charge on any atom is -0.349 e. The molecule has 0 aliphatic heterocycles. The zero-order chi connectivity index (χ0) is 13.9. The monoisotopic (exact) mass is 248 g/mol. The molecule has 0 saturated carbocycles. The molecule has 1 aromatic rings. The highest BCUT2D eigenvalue weighted by atomic mass is 16.2. The number of hydrogen-bond acceptors (Lipinski definition) is 2. The van der Waals surface area contributed by atoms with Crippen molar-refractivity contribution in [3.8, 4) is 0 Å². The van der Waals surface area contributed by atoms with Gasteiger partial charge in [-0.3, -0.25) is 4.79 Å². The van der Waals surface area contributed by atoms with Crippen LogP contribution in [0.3, 0.4) is 0 Å². The zero-order valence-electron chi connectivity index (χ0n) is 12.1. The van der Waals surface area contributed by atoms with Gasteiger partial charge in [-0.2, -0.15) is 0 Å². The van der Waals surface area contributed by atoms with Gasteiger partial charge in [0.05, 0.1) is 5.92 Å². The van der Waals surface area contributed by atoms with E-state index in [1.807, 2.05) is 0 Å². The fourth-order valence-electron chi connectivity index (χ4n) is 2.14. The van der Waals surface area contributed by atoms with Crippen molar-refractivity contribution in [2.75, 3.05) is 20.6 Å². The van der Waals surface area contributed by atoms with Crippen LogP contribution < -0.4 is 5.73 Å². The van der Waals surface area contributed by atoms with Crippen molar-refractivity contribution in [2.45, 2.75) is 27.2 Å². The Labute approximate surface area is 110 Å². The highest BCUT2D eigenvalue weighted by molar-refractivity contribution is 5.78. The Hall–Kier alpha value is -1.35. The number of carbonyl (C=O) groups excluding carboxylic acids is 1. The zero-order valence-corrected chi connectivity index (χ0v) is 12.1. The van der Waals surface area contributed by atoms with Crippen LogP contribution in [0.15, 0.2) is 12.1 Å². The van der Waals surface area contributed by atoms with Gasteiger partial charge >= 0.3 is 0 Å². The second kappa shape index (κ2) is 6.01. The molecular weight excluding hydrogens is 224 g/mol. The number of carbonyl (C=O) groups is 1. The maximum atomic E-state index is 12.0. The SMILES string of the molecule is Cc1cc(C)c(CC(CN)C(=O)N(C)C)cc1C. The first kappa shape index (κ1) is 14.7. The molecule has 3 heteroatoms. The van der Waals surface area contributed by atoms with Crippen molar-refractivity contribution in [2.24, 2.45) is 11.7 Å². The molecule has 100 valence electrons. The van der Waals surface area contributed by atoms with Gasteiger partial charge in [-0.1, -0.05) is 12.1 Å². The minimum absolute atomic E-state index is 0.107. The van der Waals surface area contributed by atoms with Gasteiger partial charge in [0.15, 0.2) is 0 Å². The highest BCUT2D eigenvalue weighted by Crippen LogP contribution is 2.19. The van der Waals surface area contributed by atoms with Crippen LogP contribution in [-0.2, 0) is 11.2 Å². The quantitative estimate of drug-likeness (QED) is 0.883. The maximum absolute atomic E-state index is 12.0. The van der Waals surface area contributed by atoms with Gasteiger partial charge in [-0.25, -0.2) is 0 Å². The summed E-state index contributed by atoms with van der Waals surface area (Å²) in [7, 11) is 3.55. The van der Waals surface area contributed by atoms with Gasteiger partial charge in [0.1, 0.15) is 0 Å². The number of rotatable bonds is 4. The normalized spacial score (nSPS) is 12.3. The molecule has 3 nitrogen and oxygen atoms in total. The average Bonchev–Trinajstić information content (AvgIpc) is 2.31. The molecule has 1 atom stereocenters. The lowest BCUT2D eigenvalue weighted by Crippen LogP contribution is -2.35. The van der Waals surface area contributed by atoms with E-state index in [4.69, 9.17) is 5.73 Å². The molecule has 0 bridgehead atoms. The van der Waals surface area contributed by atoms with Gasteiger partial charge in [0.2, 0.25) is 5.91 Å². The van der Waals surface area contributed by atoms with E-state index in [0.717, 1.165) is 6.42 Å². The summed E-state index contributed by atoms with van der Waals surface area (Å²) >= 11 is 0. The molecule has 0 spiro atoms. The summed E-state index contributed by atoms with van der Waals surface area (Å²) in [4.78, 5) is 13.6. The molecular formula is C15H24N2O. The van der Waals surface area contributed by atoms with E-state index in [1.54, 1.807) is 19.0 Å². The Bertz CT molecular complexity index is 438. The second-order valence-electron chi connectivity index (χ2n) is 5.23. The van der Waals surface area contributed by atoms with Crippen LogP contribution in [0.2, 0.25) is 0 Å². The van der Waals surface area contributed by atoms with Gasteiger partial charge < -0.3 is 10.6 Å². The van der Waals surface area contributed by atoms with Crippen LogP contribution in [0.4, 0.5) is 0 Å². The lowest BCUT2D eigenvalue weighted by molar-refractivity contribution is -0.132. The molecule has 1 aromatic carbocycles. The molecule has 2 N–H and O–H groups in total. The summed E-state index contributed by atoms with van der Waals surface area (Å²) in [5.41, 5.74) is 10.8. The molecule has 0 heterocycles. The summed E-state index contributed by atoms with van der Waals surface area (Å²) in [5, 5.41) is 0. The number of benzene rings is 1. The van der Waals surface area contributed by atoms with E-state index >= 15 is 0 Å². The minimum atomic E-state index is -0.124. The van der Waals surface area contributed by atoms with Crippen LogP contribution in [0, 0.1) is 26.7 Å². The van der Waals surface area contributed by atoms with Crippen molar-refractivity contribution in [3.05, 3.63) is 34.4 Å². The Balaban J connectivity index is 2.95. The van der Waals surface area contributed by atoms with Crippen molar-refractivity contribution in [1.82, 2.24) is 4.90 Å². The first-order valence-electron chi connectivity index (χ1n) is 6.34. The molecule has 1 rings (SSSR count). The molecule has 0 radical (unpaired) electrons. The number of nitrogens with zero attached hydrogens (tertiary/aromatic N) is 1. The van der Waals surface area contributed by atoms with Gasteiger partial charge in [-0.05, 0) is 49.4 Å². The fourth-order valence-corrected chi connectivity index (χ4v) is 2.14. The number of aryl methyl sites for hydroxylation is 3. The predicted octanol–water partition coefficient (Wildman–Crippen LogP) is 1.82. The Kier molecular flexibility index (Phi) is 4.91. The first-order valence-corrected chi connectivity index (χ1v) is 6.34. The Morgan fingerprint density at radius 3 is 2.22 bits per heavy atom. The number of nitrogens with two attached hydrogens (primary N) is 1. The third kappa shape index (κ3) is 3.33. The van der Waals surface area contributed by atoms with Crippen LogP contribution in [0.5, 0.6) is 0 Å². The third-order valence-corrected chi connectivity index (χ3v) is 3.49. The smallest absolute Gasteiger partial charge is 0.226 e. The molecule has 1 amide bonds. The predicted molar refractivity (Wildman–Crippen MR) is 75.6 cm³/mol. The highest BCUT2D eigenvalue weighted by Gasteiger charge is 2.20. The first-order chi connectivity index (χ1) is 8.36. The fraction of sp³-hybridized carbons (Fsp3) is 0.533. The summed E-state index contributed by atoms with van der Waals surface area (Å²) in [6, 6.07) is 4.36. The van der Waals surface area contributed by atoms with E-state index in [0.29, 0.717) is 6.54 Å². The number of amides is 1. The average molecular weight is 248 g/mol. The molecule has 0 aliphatic carbocycles. The number of hydrogen-bond donors (Lipinski definition) is 1. The van der Waals surface area contributed by atoms with E-state index in [-0.39, 0.29) is 11.8 Å². The molecule has 0 aliphatic rings. The van der Waals surface area contributed by atoms with Crippen molar-refractivity contribution in [3.63, 3.8) is 0 Å². The Morgan fingerprint density at radius 1 is 1.17 bits per heavy atom. The van der Waals surface area contributed by atoms with Crippen LogP contribution in [-0.4, -0.2) is 31.4 Å². The summed E-state index contributed by atoms with van der Waals surface area (Å²) in [6.07, 6.45) is 0.723. The third-order valence-electron chi connectivity index (χ3n) is 3.49. The largest absolute Gasteiger partial charge is 0.349 e. The van der Waals surface area contributed by atoms with Gasteiger partial charge in [0, 0.05) is 20.6 Å². The standard InChI is InChI=1S/C15H24N2O/c1-10-6-12(3)13(7-11(10)2)8-14(9-16)15(18)17(4)5/h6-7,14H,8-9,16H2,1-5H3. The van der Waals surface area contributed by atoms with Crippen LogP contribution in [0.25, 0.3) is 0 Å². The van der Waals surface area contributed by atoms with Crippen molar-refractivity contribution < 1.29 is 4.79 Å². The lowest BCUT2D eigenvalue weighted by atomic mass is 9.92. The van der Waals surface area contributed by atoms with Crippen LogP contribution in [0.1, 0.15) is 22.3 Å². The van der Waals surface area contributed by atoms with Gasteiger partial charge in [0.25, 0.3) is 0 Å². The molecule has 1 unspecified atom stereocenters. The van der Waals surface area contributed by atoms with E-state index in [1.165, 1.54) is 22.3 Å². The molecule has 0 aromatic heterocycles. The molecule has 0 saturated heterocycles. The van der Waals surface area contributed by atoms with E-state index in [9.17, 15) is 4.79 Å². The molecule has 18 heavy (non-hydrogen) atoms.